The number of benzene rings is 1. The Labute approximate surface area is 114 Å². The number of nitrogens with zero attached hydrogens (tertiary/aromatic N) is 2. The standard InChI is InChI=1S/C16H8N2O2/c19-15-10-5-3-7-17-13(10)16(20)11-8-9-4-1-2-6-12(9)18-14(11)15/h1-8H. The lowest BCUT2D eigenvalue weighted by atomic mass is 9.90. The third-order valence-electron chi connectivity index (χ3n) is 3.45. The second-order valence-corrected chi connectivity index (χ2v) is 4.64. The minimum atomic E-state index is -0.242. The average molecular weight is 260 g/mol. The number of carbonyl (C=O) groups is 2. The van der Waals surface area contributed by atoms with Crippen molar-refractivity contribution in [3.05, 3.63) is 71.2 Å². The third kappa shape index (κ3) is 1.36. The summed E-state index contributed by atoms with van der Waals surface area (Å²) >= 11 is 0. The molecular formula is C16H8N2O2. The van der Waals surface area contributed by atoms with Gasteiger partial charge in [-0.1, -0.05) is 18.2 Å². The Kier molecular flexibility index (Phi) is 2.09. The molecule has 20 heavy (non-hydrogen) atoms. The van der Waals surface area contributed by atoms with Gasteiger partial charge in [0.15, 0.2) is 0 Å². The van der Waals surface area contributed by atoms with E-state index in [0.717, 1.165) is 5.39 Å². The van der Waals surface area contributed by atoms with E-state index < -0.39 is 0 Å². The highest BCUT2D eigenvalue weighted by molar-refractivity contribution is 6.27. The summed E-state index contributed by atoms with van der Waals surface area (Å²) in [6.45, 7) is 0. The van der Waals surface area contributed by atoms with E-state index in [9.17, 15) is 9.59 Å². The van der Waals surface area contributed by atoms with Gasteiger partial charge in [0.2, 0.25) is 11.6 Å². The molecule has 0 atom stereocenters. The maximum Gasteiger partial charge on any atom is 0.214 e. The summed E-state index contributed by atoms with van der Waals surface area (Å²) in [6, 6.07) is 12.4. The highest BCUT2D eigenvalue weighted by Crippen LogP contribution is 2.27. The van der Waals surface area contributed by atoms with Crippen molar-refractivity contribution in [2.24, 2.45) is 0 Å². The molecule has 0 radical (unpaired) electrons. The number of hydrogen-bond donors (Lipinski definition) is 0. The van der Waals surface area contributed by atoms with E-state index in [-0.39, 0.29) is 23.0 Å². The van der Waals surface area contributed by atoms with Crippen LogP contribution in [0.2, 0.25) is 0 Å². The second kappa shape index (κ2) is 3.81. The lowest BCUT2D eigenvalue weighted by molar-refractivity contribution is 0.0972. The summed E-state index contributed by atoms with van der Waals surface area (Å²) in [5.41, 5.74) is 1.80. The zero-order valence-electron chi connectivity index (χ0n) is 10.3. The average Bonchev–Trinajstić information content (AvgIpc) is 2.51. The van der Waals surface area contributed by atoms with Gasteiger partial charge in [0.05, 0.1) is 16.6 Å². The molecule has 0 N–H and O–H groups in total. The molecular weight excluding hydrogens is 252 g/mol. The van der Waals surface area contributed by atoms with E-state index in [1.165, 1.54) is 6.20 Å². The molecule has 3 aromatic rings. The molecule has 0 bridgehead atoms. The van der Waals surface area contributed by atoms with Crippen LogP contribution in [0.15, 0.2) is 48.7 Å². The highest BCUT2D eigenvalue weighted by atomic mass is 16.1. The summed E-state index contributed by atoms with van der Waals surface area (Å²) in [5.74, 6) is -0.484. The van der Waals surface area contributed by atoms with Gasteiger partial charge >= 0.3 is 0 Å². The number of carbonyl (C=O) groups excluding carboxylic acids is 2. The number of ketones is 2. The Morgan fingerprint density at radius 1 is 0.800 bits per heavy atom. The summed E-state index contributed by atoms with van der Waals surface area (Å²) in [7, 11) is 0. The minimum Gasteiger partial charge on any atom is -0.287 e. The maximum atomic E-state index is 12.4. The molecule has 0 saturated heterocycles. The van der Waals surface area contributed by atoms with Gasteiger partial charge in [-0.15, -0.1) is 0 Å². The molecule has 4 rings (SSSR count). The second-order valence-electron chi connectivity index (χ2n) is 4.64. The highest BCUT2D eigenvalue weighted by Gasteiger charge is 2.32. The SMILES string of the molecule is O=C1c2cc3ccccc3nc2C(=O)c2cccnc21. The first-order valence-corrected chi connectivity index (χ1v) is 6.20. The van der Waals surface area contributed by atoms with Crippen LogP contribution in [-0.4, -0.2) is 21.5 Å². The van der Waals surface area contributed by atoms with Crippen LogP contribution in [0.5, 0.6) is 0 Å². The topological polar surface area (TPSA) is 59.9 Å². The molecule has 1 aliphatic carbocycles. The van der Waals surface area contributed by atoms with Crippen molar-refractivity contribution < 1.29 is 9.59 Å². The van der Waals surface area contributed by atoms with Crippen molar-refractivity contribution >= 4 is 22.5 Å². The predicted octanol–water partition coefficient (Wildman–Crippen LogP) is 2.41. The van der Waals surface area contributed by atoms with Gasteiger partial charge in [-0.3, -0.25) is 14.6 Å². The van der Waals surface area contributed by atoms with Gasteiger partial charge in [-0.25, -0.2) is 4.98 Å². The Bertz CT molecular complexity index is 826. The van der Waals surface area contributed by atoms with Crippen LogP contribution in [0.3, 0.4) is 0 Å². The van der Waals surface area contributed by atoms with Crippen molar-refractivity contribution in [1.29, 1.82) is 0 Å². The smallest absolute Gasteiger partial charge is 0.214 e. The predicted molar refractivity (Wildman–Crippen MR) is 72.8 cm³/mol. The van der Waals surface area contributed by atoms with Gasteiger partial charge in [0.25, 0.3) is 0 Å². The molecule has 4 heteroatoms. The molecule has 2 heterocycles. The van der Waals surface area contributed by atoms with Gasteiger partial charge < -0.3 is 0 Å². The summed E-state index contributed by atoms with van der Waals surface area (Å²) < 4.78 is 0. The Hall–Kier alpha value is -2.88. The molecule has 0 unspecified atom stereocenters. The van der Waals surface area contributed by atoms with Gasteiger partial charge in [-0.2, -0.15) is 0 Å². The number of hydrogen-bond acceptors (Lipinski definition) is 4. The van der Waals surface area contributed by atoms with E-state index in [4.69, 9.17) is 0 Å². The first-order chi connectivity index (χ1) is 9.75. The van der Waals surface area contributed by atoms with Crippen molar-refractivity contribution in [3.8, 4) is 0 Å². The van der Waals surface area contributed by atoms with Crippen LogP contribution < -0.4 is 0 Å². The van der Waals surface area contributed by atoms with E-state index in [0.29, 0.717) is 16.6 Å². The fourth-order valence-corrected chi connectivity index (χ4v) is 2.49. The zero-order valence-corrected chi connectivity index (χ0v) is 10.3. The van der Waals surface area contributed by atoms with E-state index in [2.05, 4.69) is 9.97 Å². The summed E-state index contributed by atoms with van der Waals surface area (Å²) in [5, 5.41) is 0.840. The molecule has 1 aromatic carbocycles. The number of aromatic nitrogens is 2. The van der Waals surface area contributed by atoms with Crippen molar-refractivity contribution in [2.75, 3.05) is 0 Å². The van der Waals surface area contributed by atoms with E-state index in [1.807, 2.05) is 24.3 Å². The van der Waals surface area contributed by atoms with Crippen molar-refractivity contribution in [2.45, 2.75) is 0 Å². The van der Waals surface area contributed by atoms with Gasteiger partial charge in [0.1, 0.15) is 11.4 Å². The van der Waals surface area contributed by atoms with Crippen LogP contribution in [0, 0.1) is 0 Å². The third-order valence-corrected chi connectivity index (χ3v) is 3.45. The Balaban J connectivity index is 2.08. The normalized spacial score (nSPS) is 13.2. The first-order valence-electron chi connectivity index (χ1n) is 6.20. The molecule has 2 aromatic heterocycles. The minimum absolute atomic E-state index is 0.210. The quantitative estimate of drug-likeness (QED) is 0.487. The number of rotatable bonds is 0. The lowest BCUT2D eigenvalue weighted by Gasteiger charge is -2.15. The summed E-state index contributed by atoms with van der Waals surface area (Å²) in [4.78, 5) is 33.3. The van der Waals surface area contributed by atoms with Crippen LogP contribution in [0.1, 0.15) is 32.1 Å². The molecule has 94 valence electrons. The number of pyridine rings is 2. The summed E-state index contributed by atoms with van der Waals surface area (Å²) in [6.07, 6.45) is 1.52. The van der Waals surface area contributed by atoms with Crippen molar-refractivity contribution in [1.82, 2.24) is 9.97 Å². The fourth-order valence-electron chi connectivity index (χ4n) is 2.49. The molecule has 0 spiro atoms. The van der Waals surface area contributed by atoms with Crippen LogP contribution in [-0.2, 0) is 0 Å². The molecule has 0 fully saturated rings. The number of para-hydroxylation sites is 1. The van der Waals surface area contributed by atoms with Crippen LogP contribution in [0.4, 0.5) is 0 Å². The molecule has 0 aliphatic heterocycles. The molecule has 0 amide bonds. The Morgan fingerprint density at radius 3 is 2.50 bits per heavy atom. The lowest BCUT2D eigenvalue weighted by Crippen LogP contribution is -2.23. The first kappa shape index (κ1) is 11.0. The molecule has 4 nitrogen and oxygen atoms in total. The molecule has 0 saturated carbocycles. The zero-order chi connectivity index (χ0) is 13.7. The van der Waals surface area contributed by atoms with Crippen LogP contribution >= 0.6 is 0 Å². The van der Waals surface area contributed by atoms with Gasteiger partial charge in [0, 0.05) is 11.6 Å². The fraction of sp³-hybridized carbons (Fsp3) is 0. The maximum absolute atomic E-state index is 12.4. The number of fused-ring (bicyclic) bond motifs is 3. The Morgan fingerprint density at radius 2 is 1.60 bits per heavy atom. The van der Waals surface area contributed by atoms with Gasteiger partial charge in [-0.05, 0) is 24.3 Å². The van der Waals surface area contributed by atoms with Crippen LogP contribution in [0.25, 0.3) is 10.9 Å². The largest absolute Gasteiger partial charge is 0.287 e. The van der Waals surface area contributed by atoms with Crippen molar-refractivity contribution in [3.63, 3.8) is 0 Å². The van der Waals surface area contributed by atoms with E-state index >= 15 is 0 Å². The molecule has 1 aliphatic rings. The van der Waals surface area contributed by atoms with E-state index in [1.54, 1.807) is 18.2 Å². The monoisotopic (exact) mass is 260 g/mol.